The van der Waals surface area contributed by atoms with E-state index in [2.05, 4.69) is 10.3 Å². The number of benzene rings is 3. The van der Waals surface area contributed by atoms with E-state index in [1.54, 1.807) is 47.7 Å². The number of para-hydroxylation sites is 2. The summed E-state index contributed by atoms with van der Waals surface area (Å²) >= 11 is 1.62. The van der Waals surface area contributed by atoms with E-state index in [1.807, 2.05) is 42.5 Å². The molecule has 0 spiro atoms. The van der Waals surface area contributed by atoms with Gasteiger partial charge in [-0.3, -0.25) is 4.79 Å². The average molecular weight is 398 g/mol. The Hall–Kier alpha value is -3.77. The summed E-state index contributed by atoms with van der Waals surface area (Å²) in [5, 5.41) is 4.37. The van der Waals surface area contributed by atoms with Gasteiger partial charge in [0, 0.05) is 16.6 Å². The molecule has 6 heteroatoms. The van der Waals surface area contributed by atoms with Gasteiger partial charge in [0.05, 0.1) is 10.2 Å². The summed E-state index contributed by atoms with van der Waals surface area (Å²) in [5.74, 6) is -0.503. The van der Waals surface area contributed by atoms with E-state index in [4.69, 9.17) is 4.42 Å². The lowest BCUT2D eigenvalue weighted by atomic mass is 10.1. The van der Waals surface area contributed by atoms with Gasteiger partial charge in [0.1, 0.15) is 16.2 Å². The molecule has 0 radical (unpaired) electrons. The standard InChI is InChI=1S/C23H14N2O3S/c26-21(17-13-15-5-1-3-7-19(15)28-23(17)27)24-16-11-9-14(10-12-16)22-25-18-6-2-4-8-20(18)29-22/h1-13H,(H,24,26). The zero-order valence-corrected chi connectivity index (χ0v) is 15.9. The van der Waals surface area contributed by atoms with Crippen LogP contribution in [0.4, 0.5) is 5.69 Å². The smallest absolute Gasteiger partial charge is 0.349 e. The summed E-state index contributed by atoms with van der Waals surface area (Å²) < 4.78 is 6.36. The van der Waals surface area contributed by atoms with Crippen molar-refractivity contribution in [3.05, 3.63) is 94.8 Å². The van der Waals surface area contributed by atoms with E-state index >= 15 is 0 Å². The van der Waals surface area contributed by atoms with Crippen LogP contribution in [0.2, 0.25) is 0 Å². The molecule has 140 valence electrons. The number of thiazole rings is 1. The van der Waals surface area contributed by atoms with Gasteiger partial charge in [-0.15, -0.1) is 11.3 Å². The summed E-state index contributed by atoms with van der Waals surface area (Å²) in [6, 6.07) is 24.0. The molecule has 3 aromatic carbocycles. The van der Waals surface area contributed by atoms with E-state index in [0.717, 1.165) is 20.8 Å². The van der Waals surface area contributed by atoms with Crippen LogP contribution in [-0.2, 0) is 0 Å². The predicted molar refractivity (Wildman–Crippen MR) is 115 cm³/mol. The van der Waals surface area contributed by atoms with Crippen molar-refractivity contribution in [3.63, 3.8) is 0 Å². The topological polar surface area (TPSA) is 72.2 Å². The second-order valence-electron chi connectivity index (χ2n) is 6.50. The molecule has 0 atom stereocenters. The lowest BCUT2D eigenvalue weighted by molar-refractivity contribution is 0.102. The molecular formula is C23H14N2O3S. The SMILES string of the molecule is O=C(Nc1ccc(-c2nc3ccccc3s2)cc1)c1cc2ccccc2oc1=O. The van der Waals surface area contributed by atoms with Gasteiger partial charge in [-0.1, -0.05) is 30.3 Å². The number of rotatable bonds is 3. The van der Waals surface area contributed by atoms with Crippen LogP contribution >= 0.6 is 11.3 Å². The average Bonchev–Trinajstić information content (AvgIpc) is 3.18. The van der Waals surface area contributed by atoms with Gasteiger partial charge in [-0.2, -0.15) is 0 Å². The molecule has 0 unspecified atom stereocenters. The minimum Gasteiger partial charge on any atom is -0.422 e. The van der Waals surface area contributed by atoms with Crippen LogP contribution in [0.5, 0.6) is 0 Å². The second-order valence-corrected chi connectivity index (χ2v) is 7.53. The van der Waals surface area contributed by atoms with Crippen LogP contribution in [0.15, 0.2) is 88.1 Å². The van der Waals surface area contributed by atoms with Crippen LogP contribution in [0.25, 0.3) is 31.8 Å². The minimum absolute atomic E-state index is 0.0288. The summed E-state index contributed by atoms with van der Waals surface area (Å²) in [4.78, 5) is 29.4. The molecule has 2 aromatic heterocycles. The van der Waals surface area contributed by atoms with Crippen LogP contribution in [0.3, 0.4) is 0 Å². The first-order chi connectivity index (χ1) is 14.2. The number of fused-ring (bicyclic) bond motifs is 2. The van der Waals surface area contributed by atoms with Gasteiger partial charge >= 0.3 is 5.63 Å². The molecule has 0 aliphatic rings. The maximum Gasteiger partial charge on any atom is 0.349 e. The molecule has 0 saturated carbocycles. The molecule has 1 amide bonds. The Morgan fingerprint density at radius 3 is 2.52 bits per heavy atom. The summed E-state index contributed by atoms with van der Waals surface area (Å²) in [7, 11) is 0. The van der Waals surface area contributed by atoms with Gasteiger partial charge in [0.25, 0.3) is 5.91 Å². The Balaban J connectivity index is 1.40. The maximum absolute atomic E-state index is 12.6. The number of anilines is 1. The highest BCUT2D eigenvalue weighted by Gasteiger charge is 2.14. The first-order valence-corrected chi connectivity index (χ1v) is 9.79. The molecule has 0 fully saturated rings. The number of carbonyl (C=O) groups excluding carboxylic acids is 1. The Morgan fingerprint density at radius 1 is 0.931 bits per heavy atom. The van der Waals surface area contributed by atoms with Crippen LogP contribution in [-0.4, -0.2) is 10.9 Å². The lowest BCUT2D eigenvalue weighted by Gasteiger charge is -2.06. The van der Waals surface area contributed by atoms with E-state index in [-0.39, 0.29) is 5.56 Å². The highest BCUT2D eigenvalue weighted by atomic mass is 32.1. The molecule has 0 bridgehead atoms. The Morgan fingerprint density at radius 2 is 1.69 bits per heavy atom. The van der Waals surface area contributed by atoms with Gasteiger partial charge in [0.15, 0.2) is 0 Å². The Bertz CT molecular complexity index is 1380. The summed E-state index contributed by atoms with van der Waals surface area (Å²) in [5.41, 5.74) is 2.29. The van der Waals surface area contributed by atoms with Crippen molar-refractivity contribution in [3.8, 4) is 10.6 Å². The third-order valence-corrected chi connectivity index (χ3v) is 5.66. The van der Waals surface area contributed by atoms with E-state index in [1.165, 1.54) is 0 Å². The van der Waals surface area contributed by atoms with Crippen molar-refractivity contribution in [2.24, 2.45) is 0 Å². The van der Waals surface area contributed by atoms with E-state index in [9.17, 15) is 9.59 Å². The third-order valence-electron chi connectivity index (χ3n) is 4.57. The summed E-state index contributed by atoms with van der Waals surface area (Å²) in [6.07, 6.45) is 0. The second kappa shape index (κ2) is 7.00. The molecule has 0 aliphatic heterocycles. The Kier molecular flexibility index (Phi) is 4.18. The van der Waals surface area contributed by atoms with Crippen molar-refractivity contribution in [2.75, 3.05) is 5.32 Å². The molecule has 0 aliphatic carbocycles. The first kappa shape index (κ1) is 17.3. The van der Waals surface area contributed by atoms with Gasteiger partial charge in [0.2, 0.25) is 0 Å². The zero-order chi connectivity index (χ0) is 19.8. The lowest BCUT2D eigenvalue weighted by Crippen LogP contribution is -2.20. The monoisotopic (exact) mass is 398 g/mol. The number of carbonyl (C=O) groups is 1. The largest absolute Gasteiger partial charge is 0.422 e. The fourth-order valence-corrected chi connectivity index (χ4v) is 4.08. The first-order valence-electron chi connectivity index (χ1n) is 8.98. The van der Waals surface area contributed by atoms with Crippen LogP contribution < -0.4 is 10.9 Å². The van der Waals surface area contributed by atoms with E-state index in [0.29, 0.717) is 16.7 Å². The van der Waals surface area contributed by atoms with Gasteiger partial charge in [-0.05, 0) is 48.5 Å². The molecule has 1 N–H and O–H groups in total. The van der Waals surface area contributed by atoms with Gasteiger partial charge in [-0.25, -0.2) is 9.78 Å². The molecule has 29 heavy (non-hydrogen) atoms. The molecule has 5 nitrogen and oxygen atoms in total. The molecule has 5 aromatic rings. The van der Waals surface area contributed by atoms with Gasteiger partial charge < -0.3 is 9.73 Å². The third kappa shape index (κ3) is 3.30. The fraction of sp³-hybridized carbons (Fsp3) is 0. The van der Waals surface area contributed by atoms with Crippen molar-refractivity contribution in [1.29, 1.82) is 0 Å². The van der Waals surface area contributed by atoms with Crippen molar-refractivity contribution in [1.82, 2.24) is 4.98 Å². The predicted octanol–water partition coefficient (Wildman–Crippen LogP) is 5.32. The molecule has 5 rings (SSSR count). The maximum atomic E-state index is 12.6. The Labute approximate surface area is 169 Å². The molecular weight excluding hydrogens is 384 g/mol. The van der Waals surface area contributed by atoms with Crippen LogP contribution in [0.1, 0.15) is 10.4 Å². The quantitative estimate of drug-likeness (QED) is 0.417. The zero-order valence-electron chi connectivity index (χ0n) is 15.1. The number of hydrogen-bond acceptors (Lipinski definition) is 5. The van der Waals surface area contributed by atoms with Crippen LogP contribution in [0, 0.1) is 0 Å². The normalized spacial score (nSPS) is 11.0. The molecule has 0 saturated heterocycles. The number of nitrogens with zero attached hydrogens (tertiary/aromatic N) is 1. The number of amides is 1. The highest BCUT2D eigenvalue weighted by Crippen LogP contribution is 2.30. The minimum atomic E-state index is -0.660. The number of aromatic nitrogens is 1. The fourth-order valence-electron chi connectivity index (χ4n) is 3.11. The number of hydrogen-bond donors (Lipinski definition) is 1. The summed E-state index contributed by atoms with van der Waals surface area (Å²) in [6.45, 7) is 0. The van der Waals surface area contributed by atoms with E-state index < -0.39 is 11.5 Å². The van der Waals surface area contributed by atoms with Crippen molar-refractivity contribution < 1.29 is 9.21 Å². The highest BCUT2D eigenvalue weighted by molar-refractivity contribution is 7.21. The van der Waals surface area contributed by atoms with Crippen molar-refractivity contribution >= 4 is 44.1 Å². The van der Waals surface area contributed by atoms with Crippen molar-refractivity contribution in [2.45, 2.75) is 0 Å². The molecule has 2 heterocycles. The number of nitrogens with one attached hydrogen (secondary N) is 1.